The maximum absolute atomic E-state index is 12.1. The second-order valence-corrected chi connectivity index (χ2v) is 4.68. The molecular formula is C15H11N3O5. The second kappa shape index (κ2) is 5.76. The van der Waals surface area contributed by atoms with Crippen molar-refractivity contribution in [3.8, 4) is 0 Å². The van der Waals surface area contributed by atoms with E-state index in [1.807, 2.05) is 18.2 Å². The second-order valence-electron chi connectivity index (χ2n) is 4.68. The van der Waals surface area contributed by atoms with E-state index in [0.29, 0.717) is 11.1 Å². The zero-order valence-electron chi connectivity index (χ0n) is 12.0. The van der Waals surface area contributed by atoms with Gasteiger partial charge in [-0.3, -0.25) is 14.9 Å². The summed E-state index contributed by atoms with van der Waals surface area (Å²) in [5.41, 5.74) is 3.62. The number of aryl methyl sites for hydroxylation is 1. The van der Waals surface area contributed by atoms with E-state index in [0.717, 1.165) is 5.39 Å². The Balaban J connectivity index is 1.74. The first-order valence-electron chi connectivity index (χ1n) is 6.62. The fourth-order valence-electron chi connectivity index (χ4n) is 2.11. The molecule has 8 nitrogen and oxygen atoms in total. The topological polar surface area (TPSA) is 111 Å². The number of para-hydroxylation sites is 1. The molecule has 0 bridgehead atoms. The highest BCUT2D eigenvalue weighted by Crippen LogP contribution is 2.24. The van der Waals surface area contributed by atoms with Crippen LogP contribution in [0.4, 0.5) is 5.88 Å². The van der Waals surface area contributed by atoms with Gasteiger partial charge in [-0.25, -0.2) is 5.43 Å². The Morgan fingerprint density at radius 1 is 1.26 bits per heavy atom. The molecule has 0 unspecified atom stereocenters. The lowest BCUT2D eigenvalue weighted by molar-refractivity contribution is -0.402. The van der Waals surface area contributed by atoms with Crippen LogP contribution in [0.2, 0.25) is 0 Å². The molecule has 0 aliphatic rings. The number of hydrogen-bond donors (Lipinski definition) is 1. The van der Waals surface area contributed by atoms with Gasteiger partial charge in [-0.05, 0) is 19.1 Å². The molecule has 1 amide bonds. The molecule has 1 aromatic carbocycles. The number of benzene rings is 1. The number of nitro groups is 1. The van der Waals surface area contributed by atoms with Crippen LogP contribution in [0.5, 0.6) is 0 Å². The molecular weight excluding hydrogens is 302 g/mol. The Hall–Kier alpha value is -3.42. The van der Waals surface area contributed by atoms with Gasteiger partial charge in [-0.1, -0.05) is 18.2 Å². The minimum absolute atomic E-state index is 0.151. The molecule has 0 atom stereocenters. The molecule has 8 heteroatoms. The summed E-state index contributed by atoms with van der Waals surface area (Å²) in [6, 6.07) is 9.87. The summed E-state index contributed by atoms with van der Waals surface area (Å²) in [6.07, 6.45) is 1.17. The van der Waals surface area contributed by atoms with Gasteiger partial charge in [0.05, 0.1) is 12.3 Å². The van der Waals surface area contributed by atoms with Gasteiger partial charge in [0.15, 0.2) is 11.5 Å². The van der Waals surface area contributed by atoms with E-state index >= 15 is 0 Å². The van der Waals surface area contributed by atoms with E-state index in [1.54, 1.807) is 13.0 Å². The van der Waals surface area contributed by atoms with Gasteiger partial charge in [-0.15, -0.1) is 0 Å². The minimum Gasteiger partial charge on any atom is -0.451 e. The number of hydrazone groups is 1. The number of furan rings is 2. The molecule has 0 aliphatic heterocycles. The number of rotatable bonds is 4. The Bertz CT molecular complexity index is 922. The van der Waals surface area contributed by atoms with E-state index in [2.05, 4.69) is 10.5 Å². The first-order valence-corrected chi connectivity index (χ1v) is 6.62. The lowest BCUT2D eigenvalue weighted by Crippen LogP contribution is -2.17. The van der Waals surface area contributed by atoms with Gasteiger partial charge < -0.3 is 8.83 Å². The molecule has 0 radical (unpaired) electrons. The number of carbonyl (C=O) groups excluding carboxylic acids is 1. The summed E-state index contributed by atoms with van der Waals surface area (Å²) < 4.78 is 10.4. The normalized spacial score (nSPS) is 11.2. The van der Waals surface area contributed by atoms with Gasteiger partial charge in [0.2, 0.25) is 0 Å². The quantitative estimate of drug-likeness (QED) is 0.452. The van der Waals surface area contributed by atoms with E-state index in [4.69, 9.17) is 8.83 Å². The van der Waals surface area contributed by atoms with Crippen LogP contribution in [0.25, 0.3) is 11.0 Å². The number of hydrogen-bond acceptors (Lipinski definition) is 6. The molecule has 2 aromatic heterocycles. The first kappa shape index (κ1) is 14.5. The summed E-state index contributed by atoms with van der Waals surface area (Å²) >= 11 is 0. The van der Waals surface area contributed by atoms with Crippen LogP contribution in [-0.4, -0.2) is 17.0 Å². The summed E-state index contributed by atoms with van der Waals surface area (Å²) in [5.74, 6) is -0.603. The van der Waals surface area contributed by atoms with Crippen LogP contribution >= 0.6 is 0 Å². The van der Waals surface area contributed by atoms with E-state index in [1.165, 1.54) is 18.3 Å². The summed E-state index contributed by atoms with van der Waals surface area (Å²) in [5, 5.41) is 15.0. The fraction of sp³-hybridized carbons (Fsp3) is 0.0667. The highest BCUT2D eigenvalue weighted by atomic mass is 16.6. The van der Waals surface area contributed by atoms with Crippen molar-refractivity contribution >= 4 is 29.0 Å². The van der Waals surface area contributed by atoms with Gasteiger partial charge in [-0.2, -0.15) is 5.10 Å². The standard InChI is InChI=1S/C15H11N3O5/c1-9-11-4-2-3-5-12(11)23-14(9)15(19)17-16-8-10-6-7-13(22-10)18(20)21/h2-8H,1H3,(H,17,19)/b16-8-. The number of nitrogens with one attached hydrogen (secondary N) is 1. The number of fused-ring (bicyclic) bond motifs is 1. The van der Waals surface area contributed by atoms with Crippen molar-refractivity contribution < 1.29 is 18.6 Å². The molecule has 0 saturated heterocycles. The van der Waals surface area contributed by atoms with Crippen molar-refractivity contribution in [2.75, 3.05) is 0 Å². The number of amides is 1. The first-order chi connectivity index (χ1) is 11.1. The largest absolute Gasteiger partial charge is 0.451 e. The Morgan fingerprint density at radius 3 is 2.74 bits per heavy atom. The van der Waals surface area contributed by atoms with Crippen LogP contribution in [0.3, 0.4) is 0 Å². The van der Waals surface area contributed by atoms with Crippen molar-refractivity contribution in [1.82, 2.24) is 5.43 Å². The predicted molar refractivity (Wildman–Crippen MR) is 81.4 cm³/mol. The Labute approximate surface area is 129 Å². The van der Waals surface area contributed by atoms with Crippen molar-refractivity contribution in [1.29, 1.82) is 0 Å². The molecule has 0 fully saturated rings. The molecule has 3 rings (SSSR count). The third-order valence-corrected chi connectivity index (χ3v) is 3.20. The smallest absolute Gasteiger partial charge is 0.433 e. The third-order valence-electron chi connectivity index (χ3n) is 3.20. The highest BCUT2D eigenvalue weighted by molar-refractivity contribution is 5.99. The monoisotopic (exact) mass is 313 g/mol. The lowest BCUT2D eigenvalue weighted by Gasteiger charge is -1.96. The molecule has 116 valence electrons. The van der Waals surface area contributed by atoms with Crippen molar-refractivity contribution in [3.05, 3.63) is 63.6 Å². The van der Waals surface area contributed by atoms with E-state index in [9.17, 15) is 14.9 Å². The van der Waals surface area contributed by atoms with Gasteiger partial charge in [0, 0.05) is 10.9 Å². The van der Waals surface area contributed by atoms with Crippen LogP contribution in [-0.2, 0) is 0 Å². The zero-order valence-corrected chi connectivity index (χ0v) is 12.0. The molecule has 1 N–H and O–H groups in total. The van der Waals surface area contributed by atoms with Crippen LogP contribution in [0, 0.1) is 17.0 Å². The Morgan fingerprint density at radius 2 is 2.04 bits per heavy atom. The SMILES string of the molecule is Cc1c(C(=O)N/N=C\c2ccc([N+](=O)[O-])o2)oc2ccccc12. The van der Waals surface area contributed by atoms with E-state index in [-0.39, 0.29) is 11.5 Å². The van der Waals surface area contributed by atoms with E-state index < -0.39 is 16.7 Å². The molecule has 0 spiro atoms. The van der Waals surface area contributed by atoms with Crippen LogP contribution in [0.1, 0.15) is 21.9 Å². The molecule has 0 aliphatic carbocycles. The average Bonchev–Trinajstić information content (AvgIpc) is 3.13. The summed E-state index contributed by atoms with van der Waals surface area (Å²) in [7, 11) is 0. The molecule has 3 aromatic rings. The number of carbonyl (C=O) groups is 1. The molecule has 0 saturated carbocycles. The lowest BCUT2D eigenvalue weighted by atomic mass is 10.1. The zero-order chi connectivity index (χ0) is 16.4. The highest BCUT2D eigenvalue weighted by Gasteiger charge is 2.17. The maximum atomic E-state index is 12.1. The number of nitrogens with zero attached hydrogens (tertiary/aromatic N) is 2. The van der Waals surface area contributed by atoms with Crippen molar-refractivity contribution in [2.24, 2.45) is 5.10 Å². The summed E-state index contributed by atoms with van der Waals surface area (Å²) in [6.45, 7) is 1.78. The van der Waals surface area contributed by atoms with Crippen molar-refractivity contribution in [2.45, 2.75) is 6.92 Å². The van der Waals surface area contributed by atoms with Gasteiger partial charge >= 0.3 is 11.8 Å². The third kappa shape index (κ3) is 2.82. The maximum Gasteiger partial charge on any atom is 0.433 e. The average molecular weight is 313 g/mol. The Kier molecular flexibility index (Phi) is 3.63. The van der Waals surface area contributed by atoms with Crippen molar-refractivity contribution in [3.63, 3.8) is 0 Å². The predicted octanol–water partition coefficient (Wildman–Crippen LogP) is 3.01. The fourth-order valence-corrected chi connectivity index (χ4v) is 2.11. The van der Waals surface area contributed by atoms with Gasteiger partial charge in [0.25, 0.3) is 0 Å². The molecule has 23 heavy (non-hydrogen) atoms. The van der Waals surface area contributed by atoms with Crippen LogP contribution < -0.4 is 5.43 Å². The van der Waals surface area contributed by atoms with Crippen LogP contribution in [0.15, 0.2) is 50.3 Å². The minimum atomic E-state index is -0.659. The molecule has 2 heterocycles. The van der Waals surface area contributed by atoms with Gasteiger partial charge in [0.1, 0.15) is 10.5 Å². The summed E-state index contributed by atoms with van der Waals surface area (Å²) in [4.78, 5) is 21.9.